The molecule has 1 aromatic carbocycles. The number of carbonyl (C=O) groups is 1. The first-order valence-electron chi connectivity index (χ1n) is 9.53. The fourth-order valence-electron chi connectivity index (χ4n) is 4.47. The molecule has 1 amide bonds. The van der Waals surface area contributed by atoms with Crippen LogP contribution in [0.4, 0.5) is 0 Å². The van der Waals surface area contributed by atoms with Crippen LogP contribution in [0.5, 0.6) is 0 Å². The van der Waals surface area contributed by atoms with E-state index in [0.717, 1.165) is 36.0 Å². The number of rotatable bonds is 4. The molecule has 3 aromatic rings. The van der Waals surface area contributed by atoms with Crippen molar-refractivity contribution in [3.05, 3.63) is 89.0 Å². The zero-order valence-corrected chi connectivity index (χ0v) is 16.2. The van der Waals surface area contributed by atoms with Crippen LogP contribution in [-0.2, 0) is 13.1 Å². The van der Waals surface area contributed by atoms with Crippen LogP contribution in [-0.4, -0.2) is 44.4 Å². The first kappa shape index (κ1) is 17.5. The summed E-state index contributed by atoms with van der Waals surface area (Å²) in [5.74, 6) is 0.0847. The summed E-state index contributed by atoms with van der Waals surface area (Å²) in [5.41, 5.74) is 2.88. The van der Waals surface area contributed by atoms with Gasteiger partial charge in [-0.05, 0) is 42.0 Å². The molecule has 0 bridgehead atoms. The minimum atomic E-state index is 0.0847. The highest BCUT2D eigenvalue weighted by Gasteiger charge is 2.44. The quantitative estimate of drug-likeness (QED) is 0.681. The Morgan fingerprint density at radius 3 is 2.71 bits per heavy atom. The normalized spacial score (nSPS) is 21.6. The van der Waals surface area contributed by atoms with Gasteiger partial charge in [0, 0.05) is 37.1 Å². The lowest BCUT2D eigenvalue weighted by Gasteiger charge is -2.38. The lowest BCUT2D eigenvalue weighted by Crippen LogP contribution is -2.49. The average molecular weight is 393 g/mol. The van der Waals surface area contributed by atoms with Crippen LogP contribution in [0.3, 0.4) is 0 Å². The van der Waals surface area contributed by atoms with Gasteiger partial charge in [-0.2, -0.15) is 0 Å². The van der Waals surface area contributed by atoms with Crippen molar-refractivity contribution < 1.29 is 4.79 Å². The monoisotopic (exact) mass is 392 g/mol. The molecule has 1 saturated heterocycles. The van der Waals surface area contributed by atoms with Crippen molar-refractivity contribution in [3.8, 4) is 0 Å². The van der Waals surface area contributed by atoms with Gasteiger partial charge in [0.2, 0.25) is 0 Å². The zero-order valence-electron chi connectivity index (χ0n) is 15.4. The van der Waals surface area contributed by atoms with E-state index in [2.05, 4.69) is 20.5 Å². The van der Waals surface area contributed by atoms with Crippen molar-refractivity contribution in [1.82, 2.24) is 19.4 Å². The molecule has 0 N–H and O–H groups in total. The number of amides is 1. The summed E-state index contributed by atoms with van der Waals surface area (Å²) >= 11 is 6.15. The van der Waals surface area contributed by atoms with Crippen LogP contribution in [0.1, 0.15) is 27.8 Å². The number of pyridine rings is 1. The minimum absolute atomic E-state index is 0.0847. The number of nitrogens with zero attached hydrogens (tertiary/aromatic N) is 4. The highest BCUT2D eigenvalue weighted by molar-refractivity contribution is 6.30. The van der Waals surface area contributed by atoms with Crippen molar-refractivity contribution >= 4 is 17.5 Å². The Hall–Kier alpha value is -2.63. The van der Waals surface area contributed by atoms with Crippen molar-refractivity contribution in [2.75, 3.05) is 13.1 Å². The Morgan fingerprint density at radius 2 is 1.89 bits per heavy atom. The fraction of sp³-hybridized carbons (Fsp3) is 0.273. The van der Waals surface area contributed by atoms with Crippen LogP contribution in [0.15, 0.2) is 67.0 Å². The summed E-state index contributed by atoms with van der Waals surface area (Å²) in [4.78, 5) is 22.0. The molecule has 0 unspecified atom stereocenters. The van der Waals surface area contributed by atoms with Crippen LogP contribution < -0.4 is 0 Å². The van der Waals surface area contributed by atoms with Crippen LogP contribution in [0.2, 0.25) is 5.02 Å². The molecule has 0 radical (unpaired) electrons. The summed E-state index contributed by atoms with van der Waals surface area (Å²) in [6.45, 7) is 3.12. The van der Waals surface area contributed by atoms with Crippen molar-refractivity contribution in [1.29, 1.82) is 0 Å². The molecule has 0 saturated carbocycles. The van der Waals surface area contributed by atoms with E-state index >= 15 is 0 Å². The number of aromatic nitrogens is 2. The molecule has 142 valence electrons. The van der Waals surface area contributed by atoms with Gasteiger partial charge in [-0.3, -0.25) is 14.7 Å². The maximum absolute atomic E-state index is 13.2. The van der Waals surface area contributed by atoms with E-state index < -0.39 is 0 Å². The lowest BCUT2D eigenvalue weighted by atomic mass is 10.1. The third-order valence-corrected chi connectivity index (χ3v) is 5.94. The van der Waals surface area contributed by atoms with E-state index in [1.165, 1.54) is 5.56 Å². The van der Waals surface area contributed by atoms with E-state index in [0.29, 0.717) is 6.54 Å². The van der Waals surface area contributed by atoms with Crippen molar-refractivity contribution in [3.63, 3.8) is 0 Å². The molecule has 28 heavy (non-hydrogen) atoms. The van der Waals surface area contributed by atoms with E-state index in [4.69, 9.17) is 11.6 Å². The minimum Gasteiger partial charge on any atom is -0.337 e. The molecule has 4 heterocycles. The van der Waals surface area contributed by atoms with Crippen LogP contribution in [0, 0.1) is 0 Å². The van der Waals surface area contributed by atoms with E-state index in [1.54, 1.807) is 6.20 Å². The van der Waals surface area contributed by atoms with Gasteiger partial charge in [-0.15, -0.1) is 0 Å². The highest BCUT2D eigenvalue weighted by atomic mass is 35.5. The molecule has 2 aromatic heterocycles. The van der Waals surface area contributed by atoms with Gasteiger partial charge in [0.05, 0.1) is 24.3 Å². The van der Waals surface area contributed by atoms with E-state index in [9.17, 15) is 4.79 Å². The van der Waals surface area contributed by atoms with Gasteiger partial charge in [0.15, 0.2) is 0 Å². The maximum atomic E-state index is 13.2. The first-order valence-corrected chi connectivity index (χ1v) is 9.91. The Balaban J connectivity index is 1.43. The third kappa shape index (κ3) is 3.11. The van der Waals surface area contributed by atoms with Gasteiger partial charge >= 0.3 is 0 Å². The molecule has 2 atom stereocenters. The zero-order chi connectivity index (χ0) is 19.1. The van der Waals surface area contributed by atoms with Gasteiger partial charge in [-0.25, -0.2) is 0 Å². The van der Waals surface area contributed by atoms with Crippen LogP contribution >= 0.6 is 11.6 Å². The SMILES string of the molecule is O=C1c2cccn2[C@H]2CN(Cc3cccc(Cl)c3)C[C@@H]2N1Cc1ccccn1. The lowest BCUT2D eigenvalue weighted by molar-refractivity contribution is 0.0553. The second kappa shape index (κ2) is 7.08. The number of carbonyl (C=O) groups excluding carboxylic acids is 1. The molecular formula is C22H21ClN4O. The Kier molecular flexibility index (Phi) is 4.41. The van der Waals surface area contributed by atoms with Crippen molar-refractivity contribution in [2.24, 2.45) is 0 Å². The fourth-order valence-corrected chi connectivity index (χ4v) is 4.68. The summed E-state index contributed by atoms with van der Waals surface area (Å²) in [5, 5.41) is 0.758. The predicted molar refractivity (Wildman–Crippen MR) is 108 cm³/mol. The molecule has 5 rings (SSSR count). The van der Waals surface area contributed by atoms with Crippen LogP contribution in [0.25, 0.3) is 0 Å². The molecule has 2 aliphatic heterocycles. The number of benzene rings is 1. The summed E-state index contributed by atoms with van der Waals surface area (Å²) in [7, 11) is 0. The van der Waals surface area contributed by atoms with E-state index in [1.807, 2.05) is 59.6 Å². The topological polar surface area (TPSA) is 41.4 Å². The highest BCUT2D eigenvalue weighted by Crippen LogP contribution is 2.35. The second-order valence-corrected chi connectivity index (χ2v) is 7.95. The summed E-state index contributed by atoms with van der Waals surface area (Å²) in [6.07, 6.45) is 3.82. The smallest absolute Gasteiger partial charge is 0.271 e. The molecule has 2 aliphatic rings. The number of fused-ring (bicyclic) bond motifs is 3. The maximum Gasteiger partial charge on any atom is 0.271 e. The third-order valence-electron chi connectivity index (χ3n) is 5.70. The second-order valence-electron chi connectivity index (χ2n) is 7.51. The molecule has 5 nitrogen and oxygen atoms in total. The Labute approximate surface area is 169 Å². The largest absolute Gasteiger partial charge is 0.337 e. The number of hydrogen-bond donors (Lipinski definition) is 0. The van der Waals surface area contributed by atoms with Gasteiger partial charge in [0.1, 0.15) is 5.69 Å². The Morgan fingerprint density at radius 1 is 1.00 bits per heavy atom. The average Bonchev–Trinajstić information content (AvgIpc) is 3.33. The molecule has 0 spiro atoms. The van der Waals surface area contributed by atoms with Crippen molar-refractivity contribution in [2.45, 2.75) is 25.2 Å². The molecule has 0 aliphatic carbocycles. The molecule has 1 fully saturated rings. The summed E-state index contributed by atoms with van der Waals surface area (Å²) in [6, 6.07) is 18.1. The predicted octanol–water partition coefficient (Wildman–Crippen LogP) is 3.62. The van der Waals surface area contributed by atoms with E-state index in [-0.39, 0.29) is 18.0 Å². The number of hydrogen-bond acceptors (Lipinski definition) is 3. The standard InChI is InChI=1S/C22H21ClN4O/c23-17-6-3-5-16(11-17)12-25-14-20-21(15-25)27(13-18-7-1-2-9-24-18)22(28)19-8-4-10-26(19)20/h1-11,20-21H,12-15H2/t20-,21-/m0/s1. The molecular weight excluding hydrogens is 372 g/mol. The van der Waals surface area contributed by atoms with Gasteiger partial charge < -0.3 is 9.47 Å². The van der Waals surface area contributed by atoms with Gasteiger partial charge in [0.25, 0.3) is 5.91 Å². The number of likely N-dealkylation sites (tertiary alicyclic amines) is 1. The summed E-state index contributed by atoms with van der Waals surface area (Å²) < 4.78 is 2.15. The number of halogens is 1. The van der Waals surface area contributed by atoms with Gasteiger partial charge in [-0.1, -0.05) is 29.8 Å². The molecule has 6 heteroatoms. The first-order chi connectivity index (χ1) is 13.7. The Bertz CT molecular complexity index is 1000.